The van der Waals surface area contributed by atoms with Gasteiger partial charge in [-0.2, -0.15) is 4.98 Å². The highest BCUT2D eigenvalue weighted by atomic mass is 32.1. The molecule has 98 valence electrons. The van der Waals surface area contributed by atoms with Crippen LogP contribution in [0.2, 0.25) is 0 Å². The first-order chi connectivity index (χ1) is 9.15. The highest BCUT2D eigenvalue weighted by molar-refractivity contribution is 7.71. The van der Waals surface area contributed by atoms with E-state index in [2.05, 4.69) is 38.7 Å². The summed E-state index contributed by atoms with van der Waals surface area (Å²) in [6, 6.07) is 6.17. The molecule has 0 unspecified atom stereocenters. The van der Waals surface area contributed by atoms with E-state index in [0.29, 0.717) is 18.1 Å². The summed E-state index contributed by atoms with van der Waals surface area (Å²) in [5.41, 5.74) is 3.40. The van der Waals surface area contributed by atoms with Crippen molar-refractivity contribution < 1.29 is 4.52 Å². The van der Waals surface area contributed by atoms with E-state index in [4.69, 9.17) is 16.7 Å². The predicted octanol–water partition coefficient (Wildman–Crippen LogP) is 2.94. The standard InChI is InChI=1S/C13H14N4OS/c1-8-4-3-5-10-12(8)15-13(19)17(10)7-6-11-14-9(2)18-16-11/h3-5H,6-7H2,1-2H3,(H,15,19). The van der Waals surface area contributed by atoms with Gasteiger partial charge in [0, 0.05) is 19.9 Å². The first-order valence-electron chi connectivity index (χ1n) is 6.12. The molecule has 0 bridgehead atoms. The molecule has 6 heteroatoms. The Morgan fingerprint density at radius 1 is 1.37 bits per heavy atom. The van der Waals surface area contributed by atoms with Crippen LogP contribution in [0.15, 0.2) is 22.7 Å². The van der Waals surface area contributed by atoms with Crippen LogP contribution in [0, 0.1) is 18.6 Å². The minimum Gasteiger partial charge on any atom is -0.340 e. The fourth-order valence-electron chi connectivity index (χ4n) is 2.20. The van der Waals surface area contributed by atoms with Gasteiger partial charge in [0.05, 0.1) is 11.0 Å². The topological polar surface area (TPSA) is 59.6 Å². The molecule has 0 spiro atoms. The number of aromatic amines is 1. The van der Waals surface area contributed by atoms with Crippen LogP contribution in [-0.4, -0.2) is 19.7 Å². The van der Waals surface area contributed by atoms with Gasteiger partial charge in [0.25, 0.3) is 0 Å². The van der Waals surface area contributed by atoms with Gasteiger partial charge in [0.1, 0.15) is 0 Å². The lowest BCUT2D eigenvalue weighted by Gasteiger charge is -2.02. The van der Waals surface area contributed by atoms with Crippen LogP contribution in [-0.2, 0) is 13.0 Å². The van der Waals surface area contributed by atoms with Crippen molar-refractivity contribution in [1.29, 1.82) is 0 Å². The summed E-state index contributed by atoms with van der Waals surface area (Å²) in [6.45, 7) is 4.60. The fraction of sp³-hybridized carbons (Fsp3) is 0.308. The summed E-state index contributed by atoms with van der Waals surface area (Å²) in [5, 5.41) is 3.90. The third kappa shape index (κ3) is 2.19. The van der Waals surface area contributed by atoms with Crippen LogP contribution in [0.5, 0.6) is 0 Å². The number of nitrogens with one attached hydrogen (secondary N) is 1. The Hall–Kier alpha value is -1.95. The highest BCUT2D eigenvalue weighted by Crippen LogP contribution is 2.18. The maximum atomic E-state index is 5.38. The zero-order chi connectivity index (χ0) is 13.4. The van der Waals surface area contributed by atoms with Crippen molar-refractivity contribution in [3.8, 4) is 0 Å². The third-order valence-electron chi connectivity index (χ3n) is 3.15. The van der Waals surface area contributed by atoms with Crippen molar-refractivity contribution in [3.63, 3.8) is 0 Å². The summed E-state index contributed by atoms with van der Waals surface area (Å²) in [6.07, 6.45) is 0.701. The Morgan fingerprint density at radius 2 is 2.21 bits per heavy atom. The summed E-state index contributed by atoms with van der Waals surface area (Å²) < 4.78 is 7.77. The number of rotatable bonds is 3. The molecule has 0 atom stereocenters. The molecule has 2 aromatic heterocycles. The van der Waals surface area contributed by atoms with Crippen molar-refractivity contribution in [2.45, 2.75) is 26.8 Å². The van der Waals surface area contributed by atoms with E-state index in [1.54, 1.807) is 6.92 Å². The van der Waals surface area contributed by atoms with Gasteiger partial charge in [-0.3, -0.25) is 0 Å². The van der Waals surface area contributed by atoms with Crippen LogP contribution in [0.3, 0.4) is 0 Å². The zero-order valence-corrected chi connectivity index (χ0v) is 11.6. The van der Waals surface area contributed by atoms with E-state index in [9.17, 15) is 0 Å². The number of para-hydroxylation sites is 1. The molecule has 0 saturated heterocycles. The molecular weight excluding hydrogens is 260 g/mol. The molecule has 0 aliphatic heterocycles. The van der Waals surface area contributed by atoms with Gasteiger partial charge >= 0.3 is 0 Å². The lowest BCUT2D eigenvalue weighted by atomic mass is 10.2. The molecule has 1 N–H and O–H groups in total. The summed E-state index contributed by atoms with van der Waals surface area (Å²) in [5.74, 6) is 1.30. The monoisotopic (exact) mass is 274 g/mol. The second-order valence-electron chi connectivity index (χ2n) is 4.53. The second-order valence-corrected chi connectivity index (χ2v) is 4.92. The van der Waals surface area contributed by atoms with Gasteiger partial charge in [-0.05, 0) is 30.8 Å². The zero-order valence-electron chi connectivity index (χ0n) is 10.8. The number of imidazole rings is 1. The number of benzene rings is 1. The minimum absolute atomic E-state index is 0.591. The molecule has 0 aliphatic rings. The molecule has 0 saturated carbocycles. The van der Waals surface area contributed by atoms with Gasteiger partial charge in [-0.25, -0.2) is 0 Å². The Kier molecular flexibility index (Phi) is 2.94. The summed E-state index contributed by atoms with van der Waals surface area (Å²) in [7, 11) is 0. The van der Waals surface area contributed by atoms with Gasteiger partial charge < -0.3 is 14.1 Å². The van der Waals surface area contributed by atoms with Gasteiger partial charge in [0.15, 0.2) is 10.6 Å². The number of nitrogens with zero attached hydrogens (tertiary/aromatic N) is 3. The van der Waals surface area contributed by atoms with Crippen molar-refractivity contribution >= 4 is 23.3 Å². The van der Waals surface area contributed by atoms with Crippen molar-refractivity contribution in [3.05, 3.63) is 40.2 Å². The Labute approximate surface area is 115 Å². The number of aryl methyl sites for hydroxylation is 4. The molecule has 5 nitrogen and oxygen atoms in total. The first-order valence-corrected chi connectivity index (χ1v) is 6.53. The molecule has 3 rings (SSSR count). The molecule has 0 aliphatic carbocycles. The molecular formula is C13H14N4OS. The Balaban J connectivity index is 1.95. The molecule has 2 heterocycles. The van der Waals surface area contributed by atoms with Gasteiger partial charge in [-0.15, -0.1) is 0 Å². The van der Waals surface area contributed by atoms with E-state index in [0.717, 1.165) is 22.3 Å². The van der Waals surface area contributed by atoms with Gasteiger partial charge in [-0.1, -0.05) is 17.3 Å². The second kappa shape index (κ2) is 4.62. The number of H-pyrrole nitrogens is 1. The first kappa shape index (κ1) is 12.1. The molecule has 3 aromatic rings. The lowest BCUT2D eigenvalue weighted by Crippen LogP contribution is -2.02. The average Bonchev–Trinajstić information content (AvgIpc) is 2.92. The number of fused-ring (bicyclic) bond motifs is 1. The van der Waals surface area contributed by atoms with Crippen molar-refractivity contribution in [2.75, 3.05) is 0 Å². The third-order valence-corrected chi connectivity index (χ3v) is 3.47. The quantitative estimate of drug-likeness (QED) is 0.746. The van der Waals surface area contributed by atoms with Crippen LogP contribution < -0.4 is 0 Å². The van der Waals surface area contributed by atoms with Gasteiger partial charge in [0.2, 0.25) is 5.89 Å². The lowest BCUT2D eigenvalue weighted by molar-refractivity contribution is 0.386. The normalized spacial score (nSPS) is 11.3. The van der Waals surface area contributed by atoms with E-state index in [-0.39, 0.29) is 0 Å². The van der Waals surface area contributed by atoms with Crippen LogP contribution in [0.1, 0.15) is 17.3 Å². The molecule has 0 fully saturated rings. The maximum absolute atomic E-state index is 5.38. The van der Waals surface area contributed by atoms with E-state index in [1.807, 2.05) is 6.07 Å². The summed E-state index contributed by atoms with van der Waals surface area (Å²) in [4.78, 5) is 7.45. The predicted molar refractivity (Wildman–Crippen MR) is 74.6 cm³/mol. The van der Waals surface area contributed by atoms with Crippen LogP contribution >= 0.6 is 12.2 Å². The van der Waals surface area contributed by atoms with Crippen LogP contribution in [0.25, 0.3) is 11.0 Å². The van der Waals surface area contributed by atoms with Crippen molar-refractivity contribution in [1.82, 2.24) is 19.7 Å². The van der Waals surface area contributed by atoms with Crippen molar-refractivity contribution in [2.24, 2.45) is 0 Å². The maximum Gasteiger partial charge on any atom is 0.223 e. The number of aromatic nitrogens is 4. The highest BCUT2D eigenvalue weighted by Gasteiger charge is 2.08. The largest absolute Gasteiger partial charge is 0.340 e. The fourth-order valence-corrected chi connectivity index (χ4v) is 2.49. The smallest absolute Gasteiger partial charge is 0.223 e. The van der Waals surface area contributed by atoms with E-state index >= 15 is 0 Å². The SMILES string of the molecule is Cc1nc(CCn2c(=S)[nH]c3c(C)cccc32)no1. The summed E-state index contributed by atoms with van der Waals surface area (Å²) >= 11 is 5.38. The van der Waals surface area contributed by atoms with Crippen LogP contribution in [0.4, 0.5) is 0 Å². The number of hydrogen-bond acceptors (Lipinski definition) is 4. The molecule has 1 aromatic carbocycles. The molecule has 0 amide bonds. The average molecular weight is 274 g/mol. The molecule has 0 radical (unpaired) electrons. The number of hydrogen-bond donors (Lipinski definition) is 1. The van der Waals surface area contributed by atoms with E-state index in [1.165, 1.54) is 5.56 Å². The Bertz CT molecular complexity index is 783. The molecule has 19 heavy (non-hydrogen) atoms. The minimum atomic E-state index is 0.591. The Morgan fingerprint density at radius 3 is 2.95 bits per heavy atom. The van der Waals surface area contributed by atoms with E-state index < -0.39 is 0 Å².